The van der Waals surface area contributed by atoms with Crippen LogP contribution in [0.15, 0.2) is 53.6 Å². The number of para-hydroxylation sites is 1. The van der Waals surface area contributed by atoms with Crippen molar-refractivity contribution in [2.75, 3.05) is 32.8 Å². The molecule has 0 amide bonds. The lowest BCUT2D eigenvalue weighted by Crippen LogP contribution is -3.13. The molecular formula is C20H25ClN3O+. The fourth-order valence-corrected chi connectivity index (χ4v) is 3.14. The number of hydrogen-bond acceptors (Lipinski definition) is 3. The number of hydrazone groups is 1. The van der Waals surface area contributed by atoms with Crippen molar-refractivity contribution in [2.24, 2.45) is 5.10 Å². The summed E-state index contributed by atoms with van der Waals surface area (Å²) in [5, 5.41) is 7.59. The maximum Gasteiger partial charge on any atom is 0.128 e. The molecule has 0 spiro atoms. The van der Waals surface area contributed by atoms with Gasteiger partial charge in [0.15, 0.2) is 0 Å². The first-order chi connectivity index (χ1) is 12.2. The van der Waals surface area contributed by atoms with E-state index < -0.39 is 0 Å². The number of hydrogen-bond donors (Lipinski definition) is 1. The van der Waals surface area contributed by atoms with Gasteiger partial charge in [0.1, 0.15) is 12.3 Å². The van der Waals surface area contributed by atoms with Gasteiger partial charge in [0.25, 0.3) is 0 Å². The molecule has 25 heavy (non-hydrogen) atoms. The highest BCUT2D eigenvalue weighted by molar-refractivity contribution is 6.30. The van der Waals surface area contributed by atoms with Gasteiger partial charge in [0, 0.05) is 16.1 Å². The summed E-state index contributed by atoms with van der Waals surface area (Å²) in [6.45, 7) is 7.82. The molecule has 1 aliphatic rings. The molecule has 1 fully saturated rings. The summed E-state index contributed by atoms with van der Waals surface area (Å²) in [7, 11) is 0. The highest BCUT2D eigenvalue weighted by Crippen LogP contribution is 2.15. The van der Waals surface area contributed by atoms with E-state index in [0.717, 1.165) is 49.1 Å². The van der Waals surface area contributed by atoms with Gasteiger partial charge in [-0.05, 0) is 31.2 Å². The third kappa shape index (κ3) is 5.21. The molecule has 1 heterocycles. The minimum absolute atomic E-state index is 0.664. The highest BCUT2D eigenvalue weighted by Gasteiger charge is 2.18. The predicted octanol–water partition coefficient (Wildman–Crippen LogP) is 2.47. The van der Waals surface area contributed by atoms with E-state index in [1.165, 1.54) is 5.56 Å². The Balaban J connectivity index is 1.51. The van der Waals surface area contributed by atoms with Crippen molar-refractivity contribution >= 4 is 17.8 Å². The molecule has 0 aromatic heterocycles. The Morgan fingerprint density at radius 1 is 1.12 bits per heavy atom. The predicted molar refractivity (Wildman–Crippen MR) is 103 cm³/mol. The van der Waals surface area contributed by atoms with Gasteiger partial charge in [-0.25, -0.2) is 0 Å². The van der Waals surface area contributed by atoms with E-state index in [-0.39, 0.29) is 0 Å². The molecule has 132 valence electrons. The summed E-state index contributed by atoms with van der Waals surface area (Å²) in [4.78, 5) is 1.59. The third-order valence-electron chi connectivity index (χ3n) is 4.39. The molecule has 1 N–H and O–H groups in total. The fourth-order valence-electron chi connectivity index (χ4n) is 3.01. The largest absolute Gasteiger partial charge is 0.493 e. The summed E-state index contributed by atoms with van der Waals surface area (Å²) < 4.78 is 5.65. The standard InChI is InChI=1S/C20H24ClN3O/c1-2-25-20-6-4-3-5-18(20)15-22-24-13-11-23(12-14-24)16-17-7-9-19(21)10-8-17/h3-10,15H,2,11-14,16H2,1H3/p+1/b22-15-. The van der Waals surface area contributed by atoms with Crippen LogP contribution in [0.1, 0.15) is 18.1 Å². The van der Waals surface area contributed by atoms with Crippen LogP contribution < -0.4 is 9.64 Å². The Labute approximate surface area is 154 Å². The third-order valence-corrected chi connectivity index (χ3v) is 4.65. The van der Waals surface area contributed by atoms with Crippen LogP contribution in [0.3, 0.4) is 0 Å². The average molecular weight is 359 g/mol. The first kappa shape index (κ1) is 17.8. The number of halogens is 1. The summed E-state index contributed by atoms with van der Waals surface area (Å²) in [6, 6.07) is 16.2. The van der Waals surface area contributed by atoms with E-state index in [9.17, 15) is 0 Å². The van der Waals surface area contributed by atoms with Crippen LogP contribution in [0.5, 0.6) is 5.75 Å². The molecule has 5 heteroatoms. The van der Waals surface area contributed by atoms with Crippen molar-refractivity contribution in [2.45, 2.75) is 13.5 Å². The maximum absolute atomic E-state index is 5.95. The minimum Gasteiger partial charge on any atom is -0.493 e. The van der Waals surface area contributed by atoms with Gasteiger partial charge in [-0.3, -0.25) is 5.01 Å². The minimum atomic E-state index is 0.664. The van der Waals surface area contributed by atoms with Gasteiger partial charge in [-0.15, -0.1) is 0 Å². The van der Waals surface area contributed by atoms with Crippen LogP contribution in [0.2, 0.25) is 5.02 Å². The molecule has 0 saturated carbocycles. The molecule has 1 aliphatic heterocycles. The van der Waals surface area contributed by atoms with Gasteiger partial charge in [-0.1, -0.05) is 35.9 Å². The number of piperazine rings is 1. The van der Waals surface area contributed by atoms with Crippen LogP contribution in [-0.2, 0) is 6.54 Å². The molecule has 0 radical (unpaired) electrons. The van der Waals surface area contributed by atoms with Crippen LogP contribution in [0.25, 0.3) is 0 Å². The molecular weight excluding hydrogens is 334 g/mol. The smallest absolute Gasteiger partial charge is 0.128 e. The summed E-state index contributed by atoms with van der Waals surface area (Å²) in [6.07, 6.45) is 1.91. The number of quaternary nitrogens is 1. The SMILES string of the molecule is CCOc1ccccc1/C=N\N1CC[NH+](Cc2ccc(Cl)cc2)CC1. The van der Waals surface area contributed by atoms with Gasteiger partial charge >= 0.3 is 0 Å². The second-order valence-electron chi connectivity index (χ2n) is 6.22. The topological polar surface area (TPSA) is 29.3 Å². The second kappa shape index (κ2) is 8.88. The molecule has 2 aromatic carbocycles. The van der Waals surface area contributed by atoms with E-state index in [2.05, 4.69) is 22.2 Å². The first-order valence-corrected chi connectivity index (χ1v) is 9.21. The Bertz CT molecular complexity index is 694. The average Bonchev–Trinajstić information content (AvgIpc) is 2.64. The van der Waals surface area contributed by atoms with Crippen molar-refractivity contribution in [3.8, 4) is 5.75 Å². The zero-order valence-corrected chi connectivity index (χ0v) is 15.4. The molecule has 4 nitrogen and oxygen atoms in total. The van der Waals surface area contributed by atoms with Crippen molar-refractivity contribution in [1.29, 1.82) is 0 Å². The molecule has 0 aliphatic carbocycles. The lowest BCUT2D eigenvalue weighted by Gasteiger charge is -2.30. The number of nitrogens with zero attached hydrogens (tertiary/aromatic N) is 2. The Morgan fingerprint density at radius 3 is 2.56 bits per heavy atom. The second-order valence-corrected chi connectivity index (χ2v) is 6.66. The zero-order chi connectivity index (χ0) is 17.5. The van der Waals surface area contributed by atoms with Crippen LogP contribution >= 0.6 is 11.6 Å². The maximum atomic E-state index is 5.95. The van der Waals surface area contributed by atoms with Gasteiger partial charge in [0.2, 0.25) is 0 Å². The quantitative estimate of drug-likeness (QED) is 0.804. The normalized spacial score (nSPS) is 15.7. The van der Waals surface area contributed by atoms with Crippen LogP contribution in [0, 0.1) is 0 Å². The summed E-state index contributed by atoms with van der Waals surface area (Å²) >= 11 is 5.95. The van der Waals surface area contributed by atoms with Gasteiger partial charge < -0.3 is 9.64 Å². The molecule has 0 atom stereocenters. The molecule has 3 rings (SSSR count). The summed E-state index contributed by atoms with van der Waals surface area (Å²) in [5.41, 5.74) is 2.36. The number of benzene rings is 2. The summed E-state index contributed by atoms with van der Waals surface area (Å²) in [5.74, 6) is 0.890. The first-order valence-electron chi connectivity index (χ1n) is 8.83. The van der Waals surface area contributed by atoms with Crippen molar-refractivity contribution in [3.63, 3.8) is 0 Å². The number of ether oxygens (including phenoxy) is 1. The van der Waals surface area contributed by atoms with E-state index >= 15 is 0 Å². The lowest BCUT2D eigenvalue weighted by atomic mass is 10.2. The van der Waals surface area contributed by atoms with E-state index in [1.807, 2.05) is 49.5 Å². The Hall–Kier alpha value is -2.04. The van der Waals surface area contributed by atoms with E-state index in [0.29, 0.717) is 6.61 Å². The van der Waals surface area contributed by atoms with Crippen molar-refractivity contribution in [1.82, 2.24) is 5.01 Å². The van der Waals surface area contributed by atoms with Gasteiger partial charge in [-0.2, -0.15) is 5.10 Å². The van der Waals surface area contributed by atoms with Crippen LogP contribution in [0.4, 0.5) is 0 Å². The highest BCUT2D eigenvalue weighted by atomic mass is 35.5. The molecule has 1 saturated heterocycles. The number of rotatable bonds is 6. The van der Waals surface area contributed by atoms with Crippen molar-refractivity contribution < 1.29 is 9.64 Å². The van der Waals surface area contributed by atoms with Gasteiger partial charge in [0.05, 0.1) is 39.0 Å². The zero-order valence-electron chi connectivity index (χ0n) is 14.6. The van der Waals surface area contributed by atoms with E-state index in [1.54, 1.807) is 4.90 Å². The lowest BCUT2D eigenvalue weighted by molar-refractivity contribution is -0.918. The Morgan fingerprint density at radius 2 is 1.84 bits per heavy atom. The molecule has 2 aromatic rings. The Kier molecular flexibility index (Phi) is 6.31. The molecule has 0 bridgehead atoms. The monoisotopic (exact) mass is 358 g/mol. The van der Waals surface area contributed by atoms with Crippen LogP contribution in [-0.4, -0.2) is 44.0 Å². The molecule has 0 unspecified atom stereocenters. The van der Waals surface area contributed by atoms with E-state index in [4.69, 9.17) is 16.3 Å². The van der Waals surface area contributed by atoms with Crippen molar-refractivity contribution in [3.05, 3.63) is 64.7 Å². The fraction of sp³-hybridized carbons (Fsp3) is 0.350. The number of nitrogens with one attached hydrogen (secondary N) is 1.